The van der Waals surface area contributed by atoms with Crippen LogP contribution in [-0.2, 0) is 4.79 Å². The summed E-state index contributed by atoms with van der Waals surface area (Å²) in [5.41, 5.74) is 5.96. The predicted molar refractivity (Wildman–Crippen MR) is 62.2 cm³/mol. The number of nitrogens with one attached hydrogen (secondary N) is 2. The largest absolute Gasteiger partial charge is 0.299 e. The van der Waals surface area contributed by atoms with Crippen LogP contribution in [0.3, 0.4) is 0 Å². The summed E-state index contributed by atoms with van der Waals surface area (Å²) in [7, 11) is 0. The quantitative estimate of drug-likeness (QED) is 0.755. The van der Waals surface area contributed by atoms with Gasteiger partial charge in [0, 0.05) is 6.42 Å². The fraction of sp³-hybridized carbons (Fsp3) is 0.417. The number of rotatable bonds is 5. The topological polar surface area (TPSA) is 41.1 Å². The minimum Gasteiger partial charge on any atom is -0.299 e. The Morgan fingerprint density at radius 3 is 2.50 bits per heavy atom. The summed E-state index contributed by atoms with van der Waals surface area (Å²) < 4.78 is 12.6. The summed E-state index contributed by atoms with van der Waals surface area (Å²) in [6, 6.07) is 5.81. The Balaban J connectivity index is 2.29. The van der Waals surface area contributed by atoms with Gasteiger partial charge in [-0.3, -0.25) is 15.6 Å². The smallest absolute Gasteiger partial charge is 0.238 e. The zero-order valence-electron chi connectivity index (χ0n) is 9.59. The highest BCUT2D eigenvalue weighted by molar-refractivity contribution is 5.77. The normalized spacial score (nSPS) is 10.2. The Bertz CT molecular complexity index is 335. The summed E-state index contributed by atoms with van der Waals surface area (Å²) in [5, 5.41) is 0. The van der Waals surface area contributed by atoms with Gasteiger partial charge in [-0.05, 0) is 36.6 Å². The van der Waals surface area contributed by atoms with E-state index in [0.29, 0.717) is 18.0 Å². The predicted octanol–water partition coefficient (Wildman–Crippen LogP) is 2.71. The highest BCUT2D eigenvalue weighted by Crippen LogP contribution is 2.07. The third-order valence-corrected chi connectivity index (χ3v) is 2.14. The first-order chi connectivity index (χ1) is 7.58. The van der Waals surface area contributed by atoms with Crippen molar-refractivity contribution in [1.82, 2.24) is 5.43 Å². The zero-order chi connectivity index (χ0) is 12.0. The van der Waals surface area contributed by atoms with Crippen LogP contribution in [0.4, 0.5) is 10.1 Å². The molecule has 0 heterocycles. The number of carbonyl (C=O) groups is 1. The molecule has 0 aliphatic heterocycles. The molecule has 1 amide bonds. The van der Waals surface area contributed by atoms with Crippen LogP contribution in [0, 0.1) is 11.7 Å². The highest BCUT2D eigenvalue weighted by atomic mass is 19.1. The third-order valence-electron chi connectivity index (χ3n) is 2.14. The van der Waals surface area contributed by atoms with Crippen molar-refractivity contribution in [3.63, 3.8) is 0 Å². The van der Waals surface area contributed by atoms with E-state index in [9.17, 15) is 9.18 Å². The van der Waals surface area contributed by atoms with Crippen molar-refractivity contribution in [3.8, 4) is 0 Å². The number of halogens is 1. The van der Waals surface area contributed by atoms with Gasteiger partial charge in [-0.1, -0.05) is 13.8 Å². The van der Waals surface area contributed by atoms with E-state index >= 15 is 0 Å². The van der Waals surface area contributed by atoms with E-state index in [1.807, 2.05) is 0 Å². The number of benzene rings is 1. The van der Waals surface area contributed by atoms with E-state index in [0.717, 1.165) is 6.42 Å². The molecule has 1 aromatic rings. The van der Waals surface area contributed by atoms with Crippen LogP contribution in [0.2, 0.25) is 0 Å². The number of hydrogen-bond donors (Lipinski definition) is 2. The minimum absolute atomic E-state index is 0.0574. The Kier molecular flexibility index (Phi) is 4.76. The number of hydrogen-bond acceptors (Lipinski definition) is 2. The molecule has 0 aromatic heterocycles. The highest BCUT2D eigenvalue weighted by Gasteiger charge is 2.02. The molecule has 1 rings (SSSR count). The first-order valence-corrected chi connectivity index (χ1v) is 5.38. The van der Waals surface area contributed by atoms with Crippen LogP contribution in [0.15, 0.2) is 24.3 Å². The summed E-state index contributed by atoms with van der Waals surface area (Å²) in [6.45, 7) is 4.14. The standard InChI is InChI=1S/C12H17FN2O/c1-9(2)3-8-12(16)15-14-11-6-4-10(13)5-7-11/h4-7,9,14H,3,8H2,1-2H3,(H,15,16). The molecule has 0 saturated heterocycles. The lowest BCUT2D eigenvalue weighted by Gasteiger charge is -2.09. The van der Waals surface area contributed by atoms with Gasteiger partial charge in [-0.25, -0.2) is 4.39 Å². The SMILES string of the molecule is CC(C)CCC(=O)NNc1ccc(F)cc1. The van der Waals surface area contributed by atoms with Crippen molar-refractivity contribution < 1.29 is 9.18 Å². The van der Waals surface area contributed by atoms with E-state index in [1.165, 1.54) is 12.1 Å². The van der Waals surface area contributed by atoms with E-state index in [2.05, 4.69) is 24.7 Å². The van der Waals surface area contributed by atoms with Crippen molar-refractivity contribution in [3.05, 3.63) is 30.1 Å². The van der Waals surface area contributed by atoms with Gasteiger partial charge in [0.2, 0.25) is 5.91 Å². The molecule has 3 nitrogen and oxygen atoms in total. The van der Waals surface area contributed by atoms with Gasteiger partial charge in [-0.2, -0.15) is 0 Å². The Hall–Kier alpha value is -1.58. The first kappa shape index (κ1) is 12.5. The summed E-state index contributed by atoms with van der Waals surface area (Å²) in [5.74, 6) is 0.159. The molecule has 0 atom stereocenters. The van der Waals surface area contributed by atoms with Crippen LogP contribution >= 0.6 is 0 Å². The van der Waals surface area contributed by atoms with Crippen molar-refractivity contribution in [2.24, 2.45) is 5.92 Å². The fourth-order valence-electron chi connectivity index (χ4n) is 1.16. The van der Waals surface area contributed by atoms with Gasteiger partial charge in [0.05, 0.1) is 5.69 Å². The molecule has 0 unspecified atom stereocenters. The molecule has 4 heteroatoms. The van der Waals surface area contributed by atoms with E-state index in [4.69, 9.17) is 0 Å². The molecule has 1 aromatic carbocycles. The molecule has 16 heavy (non-hydrogen) atoms. The minimum atomic E-state index is -0.295. The van der Waals surface area contributed by atoms with Gasteiger partial charge in [-0.15, -0.1) is 0 Å². The molecule has 0 bridgehead atoms. The van der Waals surface area contributed by atoms with Crippen molar-refractivity contribution in [2.45, 2.75) is 26.7 Å². The third kappa shape index (κ3) is 4.77. The molecule has 0 saturated carbocycles. The van der Waals surface area contributed by atoms with E-state index in [-0.39, 0.29) is 11.7 Å². The lowest BCUT2D eigenvalue weighted by molar-refractivity contribution is -0.120. The van der Waals surface area contributed by atoms with Gasteiger partial charge < -0.3 is 0 Å². The summed E-state index contributed by atoms with van der Waals surface area (Å²) in [4.78, 5) is 11.3. The molecule has 0 radical (unpaired) electrons. The molecule has 0 fully saturated rings. The van der Waals surface area contributed by atoms with Gasteiger partial charge >= 0.3 is 0 Å². The molecule has 0 aliphatic carbocycles. The summed E-state index contributed by atoms with van der Waals surface area (Å²) in [6.07, 6.45) is 1.35. The molecule has 88 valence electrons. The number of carbonyl (C=O) groups excluding carboxylic acids is 1. The van der Waals surface area contributed by atoms with Crippen LogP contribution in [0.1, 0.15) is 26.7 Å². The maximum atomic E-state index is 12.6. The maximum Gasteiger partial charge on any atom is 0.238 e. The van der Waals surface area contributed by atoms with Crippen molar-refractivity contribution in [1.29, 1.82) is 0 Å². The Labute approximate surface area is 95.0 Å². The van der Waals surface area contributed by atoms with Crippen molar-refractivity contribution >= 4 is 11.6 Å². The molecular formula is C12H17FN2O. The lowest BCUT2D eigenvalue weighted by atomic mass is 10.1. The number of hydrazine groups is 1. The second-order valence-corrected chi connectivity index (χ2v) is 4.11. The van der Waals surface area contributed by atoms with Gasteiger partial charge in [0.1, 0.15) is 5.82 Å². The first-order valence-electron chi connectivity index (χ1n) is 5.38. The second kappa shape index (κ2) is 6.10. The average Bonchev–Trinajstić information content (AvgIpc) is 2.25. The Morgan fingerprint density at radius 2 is 1.94 bits per heavy atom. The average molecular weight is 224 g/mol. The monoisotopic (exact) mass is 224 g/mol. The van der Waals surface area contributed by atoms with Gasteiger partial charge in [0.15, 0.2) is 0 Å². The zero-order valence-corrected chi connectivity index (χ0v) is 9.59. The van der Waals surface area contributed by atoms with Crippen LogP contribution in [-0.4, -0.2) is 5.91 Å². The molecule has 0 aliphatic rings. The molecule has 2 N–H and O–H groups in total. The second-order valence-electron chi connectivity index (χ2n) is 4.11. The molecular weight excluding hydrogens is 207 g/mol. The maximum absolute atomic E-state index is 12.6. The van der Waals surface area contributed by atoms with Crippen molar-refractivity contribution in [2.75, 3.05) is 5.43 Å². The molecule has 0 spiro atoms. The van der Waals surface area contributed by atoms with Crippen LogP contribution in [0.5, 0.6) is 0 Å². The number of anilines is 1. The summed E-state index contributed by atoms with van der Waals surface area (Å²) >= 11 is 0. The Morgan fingerprint density at radius 1 is 1.31 bits per heavy atom. The van der Waals surface area contributed by atoms with Crippen LogP contribution in [0.25, 0.3) is 0 Å². The van der Waals surface area contributed by atoms with E-state index < -0.39 is 0 Å². The number of amides is 1. The fourth-order valence-corrected chi connectivity index (χ4v) is 1.16. The van der Waals surface area contributed by atoms with Crippen LogP contribution < -0.4 is 10.9 Å². The lowest BCUT2D eigenvalue weighted by Crippen LogP contribution is -2.29. The van der Waals surface area contributed by atoms with E-state index in [1.54, 1.807) is 12.1 Å². The van der Waals surface area contributed by atoms with Gasteiger partial charge in [0.25, 0.3) is 0 Å².